The van der Waals surface area contributed by atoms with Gasteiger partial charge in [-0.1, -0.05) is 11.6 Å². The molecule has 3 aromatic rings. The Balaban J connectivity index is 2.10. The number of fused-ring (bicyclic) bond motifs is 1. The van der Waals surface area contributed by atoms with Crippen molar-refractivity contribution in [2.75, 3.05) is 18.4 Å². The van der Waals surface area contributed by atoms with E-state index in [4.69, 9.17) is 16.3 Å². The largest absolute Gasteiger partial charge is 0.508 e. The first-order chi connectivity index (χ1) is 13.7. The predicted octanol–water partition coefficient (Wildman–Crippen LogP) is 1.61. The molecule has 0 aliphatic carbocycles. The zero-order valence-electron chi connectivity index (χ0n) is 14.9. The number of rotatable bonds is 6. The van der Waals surface area contributed by atoms with Gasteiger partial charge in [0.05, 0.1) is 30.0 Å². The molecule has 0 spiro atoms. The van der Waals surface area contributed by atoms with Crippen LogP contribution in [0.1, 0.15) is 17.3 Å². The number of anilines is 1. The lowest BCUT2D eigenvalue weighted by molar-refractivity contribution is 0.0601. The maximum absolute atomic E-state index is 13.6. The Morgan fingerprint density at radius 3 is 2.72 bits per heavy atom. The second-order valence-corrected chi connectivity index (χ2v) is 7.39. The molecule has 2 aromatic heterocycles. The van der Waals surface area contributed by atoms with Gasteiger partial charge in [-0.05, 0) is 13.0 Å². The molecule has 2 N–H and O–H groups in total. The van der Waals surface area contributed by atoms with E-state index >= 15 is 0 Å². The number of nitrogens with one attached hydrogen (secondary N) is 1. The monoisotopic (exact) mass is 445 g/mol. The molecule has 0 unspecified atom stereocenters. The van der Waals surface area contributed by atoms with Crippen LogP contribution in [-0.2, 0) is 14.8 Å². The van der Waals surface area contributed by atoms with Crippen molar-refractivity contribution in [1.82, 2.24) is 19.6 Å². The molecule has 0 amide bonds. The summed E-state index contributed by atoms with van der Waals surface area (Å²) in [5, 5.41) is 12.4. The second kappa shape index (κ2) is 7.67. The topological polar surface area (TPSA) is 145 Å². The lowest BCUT2D eigenvalue weighted by Crippen LogP contribution is -2.18. The number of phenols is 1. The van der Waals surface area contributed by atoms with Crippen molar-refractivity contribution in [3.8, 4) is 11.8 Å². The number of aromatic hydroxyl groups is 1. The number of carbonyl (C=O) groups excluding carboxylic acids is 1. The number of hydrogen-bond donors (Lipinski definition) is 2. The molecule has 154 valence electrons. The smallest absolute Gasteiger partial charge is 0.340 e. The van der Waals surface area contributed by atoms with Crippen LogP contribution < -0.4 is 9.46 Å². The first-order valence-electron chi connectivity index (χ1n) is 7.86. The zero-order chi connectivity index (χ0) is 21.3. The Labute approximate surface area is 168 Å². The minimum absolute atomic E-state index is 0.122. The van der Waals surface area contributed by atoms with Gasteiger partial charge >= 0.3 is 12.0 Å². The van der Waals surface area contributed by atoms with Crippen molar-refractivity contribution in [3.05, 3.63) is 34.7 Å². The molecule has 0 aliphatic rings. The van der Waals surface area contributed by atoms with Crippen molar-refractivity contribution < 1.29 is 32.2 Å². The third-order valence-electron chi connectivity index (χ3n) is 3.48. The molecule has 0 bridgehead atoms. The van der Waals surface area contributed by atoms with Crippen LogP contribution in [-0.4, -0.2) is 52.8 Å². The molecular formula is C15H13ClFN5O6S. The van der Waals surface area contributed by atoms with Crippen LogP contribution in [0.3, 0.4) is 0 Å². The highest BCUT2D eigenvalue weighted by Crippen LogP contribution is 2.33. The van der Waals surface area contributed by atoms with Crippen molar-refractivity contribution >= 4 is 38.9 Å². The molecule has 0 radical (unpaired) electrons. The first-order valence-corrected chi connectivity index (χ1v) is 9.72. The number of aromatic nitrogens is 4. The lowest BCUT2D eigenvalue weighted by atomic mass is 10.1. The number of carbonyl (C=O) groups is 1. The molecular weight excluding hydrogens is 433 g/mol. The lowest BCUT2D eigenvalue weighted by Gasteiger charge is -2.12. The van der Waals surface area contributed by atoms with Gasteiger partial charge in [-0.25, -0.2) is 4.79 Å². The molecule has 0 saturated carbocycles. The van der Waals surface area contributed by atoms with Crippen LogP contribution in [0.25, 0.3) is 5.65 Å². The molecule has 14 heteroatoms. The minimum atomic E-state index is -4.49. The number of halogens is 2. The van der Waals surface area contributed by atoms with Gasteiger partial charge in [0.25, 0.3) is 15.2 Å². The number of phenolic OH excluding ortho intramolecular Hbond substituents is 1. The van der Waals surface area contributed by atoms with E-state index in [9.17, 15) is 22.7 Å². The summed E-state index contributed by atoms with van der Waals surface area (Å²) in [4.78, 5) is 19.2. The molecule has 0 fully saturated rings. The van der Waals surface area contributed by atoms with E-state index in [1.54, 1.807) is 6.92 Å². The van der Waals surface area contributed by atoms with Gasteiger partial charge < -0.3 is 14.6 Å². The van der Waals surface area contributed by atoms with Gasteiger partial charge in [-0.3, -0.25) is 4.72 Å². The third kappa shape index (κ3) is 4.00. The van der Waals surface area contributed by atoms with Crippen molar-refractivity contribution in [2.45, 2.75) is 12.1 Å². The standard InChI is InChI=1S/C15H13ClFN5O6S/c1-3-28-15-18-10(17)6-11-19-14(20-22(11)15)29(25,26)21-12-8(13(24)27-2)4-7(23)5-9(12)16/h4-6,21,23H,3H2,1-2H3. The summed E-state index contributed by atoms with van der Waals surface area (Å²) < 4.78 is 51.8. The van der Waals surface area contributed by atoms with E-state index in [1.165, 1.54) is 0 Å². The van der Waals surface area contributed by atoms with E-state index in [2.05, 4.69) is 24.5 Å². The highest BCUT2D eigenvalue weighted by Gasteiger charge is 2.27. The number of hydrogen-bond acceptors (Lipinski definition) is 9. The fourth-order valence-electron chi connectivity index (χ4n) is 2.30. The second-order valence-electron chi connectivity index (χ2n) is 5.41. The van der Waals surface area contributed by atoms with E-state index < -0.39 is 27.1 Å². The summed E-state index contributed by atoms with van der Waals surface area (Å²) in [5.74, 6) is -2.28. The van der Waals surface area contributed by atoms with Gasteiger partial charge in [0, 0.05) is 12.1 Å². The van der Waals surface area contributed by atoms with Crippen LogP contribution in [0, 0.1) is 5.95 Å². The van der Waals surface area contributed by atoms with E-state index in [1.807, 2.05) is 0 Å². The quantitative estimate of drug-likeness (QED) is 0.328. The fourth-order valence-corrected chi connectivity index (χ4v) is 3.60. The number of esters is 1. The number of methoxy groups -OCH3 is 1. The Kier molecular flexibility index (Phi) is 5.44. The Morgan fingerprint density at radius 2 is 2.07 bits per heavy atom. The number of nitrogens with zero attached hydrogens (tertiary/aromatic N) is 4. The summed E-state index contributed by atoms with van der Waals surface area (Å²) in [6.45, 7) is 1.74. The Morgan fingerprint density at radius 1 is 1.34 bits per heavy atom. The summed E-state index contributed by atoms with van der Waals surface area (Å²) in [5.41, 5.74) is -0.872. The molecule has 0 atom stereocenters. The van der Waals surface area contributed by atoms with E-state index in [0.717, 1.165) is 29.8 Å². The van der Waals surface area contributed by atoms with Crippen LogP contribution >= 0.6 is 11.6 Å². The van der Waals surface area contributed by atoms with Crippen molar-refractivity contribution in [1.29, 1.82) is 0 Å². The molecule has 0 saturated heterocycles. The molecule has 3 rings (SSSR count). The predicted molar refractivity (Wildman–Crippen MR) is 97.2 cm³/mol. The van der Waals surface area contributed by atoms with E-state index in [0.29, 0.717) is 0 Å². The van der Waals surface area contributed by atoms with Crippen LogP contribution in [0.2, 0.25) is 5.02 Å². The molecule has 0 aliphatic heterocycles. The van der Waals surface area contributed by atoms with E-state index in [-0.39, 0.29) is 40.3 Å². The van der Waals surface area contributed by atoms with Crippen LogP contribution in [0.15, 0.2) is 23.4 Å². The average Bonchev–Trinajstić information content (AvgIpc) is 3.08. The SMILES string of the molecule is CCOc1nc(F)cc2nc(S(=O)(=O)Nc3c(Cl)cc(O)cc3C(=O)OC)nn12. The van der Waals surface area contributed by atoms with Gasteiger partial charge in [-0.15, -0.1) is 5.10 Å². The Bertz CT molecular complexity index is 1220. The zero-order valence-corrected chi connectivity index (χ0v) is 16.5. The van der Waals surface area contributed by atoms with Crippen LogP contribution in [0.4, 0.5) is 10.1 Å². The molecule has 2 heterocycles. The van der Waals surface area contributed by atoms with Gasteiger partial charge in [0.15, 0.2) is 5.65 Å². The first kappa shape index (κ1) is 20.5. The summed E-state index contributed by atoms with van der Waals surface area (Å²) in [6.07, 6.45) is 0. The van der Waals surface area contributed by atoms with Gasteiger partial charge in [0.1, 0.15) is 5.75 Å². The molecule has 29 heavy (non-hydrogen) atoms. The number of benzene rings is 1. The van der Waals surface area contributed by atoms with Gasteiger partial charge in [0.2, 0.25) is 5.95 Å². The number of ether oxygens (including phenoxy) is 2. The maximum Gasteiger partial charge on any atom is 0.340 e. The van der Waals surface area contributed by atoms with Crippen molar-refractivity contribution in [3.63, 3.8) is 0 Å². The number of sulfonamides is 1. The summed E-state index contributed by atoms with van der Waals surface area (Å²) >= 11 is 5.97. The molecule has 11 nitrogen and oxygen atoms in total. The Hall–Kier alpha value is -3.19. The average molecular weight is 446 g/mol. The van der Waals surface area contributed by atoms with Crippen molar-refractivity contribution in [2.24, 2.45) is 0 Å². The maximum atomic E-state index is 13.6. The normalized spacial score (nSPS) is 11.4. The highest BCUT2D eigenvalue weighted by atomic mass is 35.5. The van der Waals surface area contributed by atoms with Gasteiger partial charge in [-0.2, -0.15) is 27.3 Å². The fraction of sp³-hybridized carbons (Fsp3) is 0.200. The van der Waals surface area contributed by atoms with Crippen LogP contribution in [0.5, 0.6) is 11.8 Å². The summed E-state index contributed by atoms with van der Waals surface area (Å²) in [6, 6.07) is 2.56. The summed E-state index contributed by atoms with van der Waals surface area (Å²) in [7, 11) is -3.42. The highest BCUT2D eigenvalue weighted by molar-refractivity contribution is 7.92. The third-order valence-corrected chi connectivity index (χ3v) is 4.90. The molecule has 1 aromatic carbocycles. The minimum Gasteiger partial charge on any atom is -0.508 e.